The third kappa shape index (κ3) is 6.00. The number of hydrogen-bond acceptors (Lipinski definition) is 6. The Labute approximate surface area is 85.9 Å². The molecule has 15 heavy (non-hydrogen) atoms. The van der Waals surface area contributed by atoms with Gasteiger partial charge >= 0.3 is 11.9 Å². The molecule has 7 nitrogen and oxygen atoms in total. The van der Waals surface area contributed by atoms with Gasteiger partial charge in [0.15, 0.2) is 6.10 Å². The van der Waals surface area contributed by atoms with Gasteiger partial charge < -0.3 is 25.2 Å². The molecule has 0 bridgehead atoms. The first-order chi connectivity index (χ1) is 6.84. The lowest BCUT2D eigenvalue weighted by Crippen LogP contribution is -2.37. The van der Waals surface area contributed by atoms with E-state index in [1.807, 2.05) is 0 Å². The largest absolute Gasteiger partial charge is 0.479 e. The van der Waals surface area contributed by atoms with Gasteiger partial charge in [-0.05, 0) is 6.92 Å². The van der Waals surface area contributed by atoms with Crippen molar-refractivity contribution in [3.8, 4) is 0 Å². The van der Waals surface area contributed by atoms with Crippen molar-refractivity contribution in [3.05, 3.63) is 0 Å². The molecule has 0 saturated heterocycles. The van der Waals surface area contributed by atoms with E-state index in [4.69, 9.17) is 20.4 Å². The first-order valence-electron chi connectivity index (χ1n) is 4.27. The highest BCUT2D eigenvalue weighted by molar-refractivity contribution is 5.73. The number of carbonyl (C=O) groups excluding carboxylic acids is 1. The number of carbonyl (C=O) groups is 2. The fourth-order valence-electron chi connectivity index (χ4n) is 0.734. The Hall–Kier alpha value is -1.18. The highest BCUT2D eigenvalue weighted by Gasteiger charge is 2.24. The maximum atomic E-state index is 10.8. The molecule has 88 valence electrons. The van der Waals surface area contributed by atoms with E-state index in [0.717, 1.165) is 0 Å². The van der Waals surface area contributed by atoms with Crippen molar-refractivity contribution in [2.24, 2.45) is 0 Å². The first kappa shape index (κ1) is 13.8. The van der Waals surface area contributed by atoms with Gasteiger partial charge in [-0.15, -0.1) is 0 Å². The minimum atomic E-state index is -2.00. The molecule has 3 atom stereocenters. The van der Waals surface area contributed by atoms with Crippen LogP contribution in [0.2, 0.25) is 0 Å². The number of rotatable bonds is 6. The van der Waals surface area contributed by atoms with Crippen LogP contribution in [0.3, 0.4) is 0 Å². The molecule has 0 aromatic heterocycles. The third-order valence-corrected chi connectivity index (χ3v) is 1.49. The second-order valence-electron chi connectivity index (χ2n) is 3.09. The smallest absolute Gasteiger partial charge is 0.335 e. The van der Waals surface area contributed by atoms with Crippen LogP contribution in [0.5, 0.6) is 0 Å². The van der Waals surface area contributed by atoms with Gasteiger partial charge in [-0.25, -0.2) is 4.79 Å². The third-order valence-electron chi connectivity index (χ3n) is 1.49. The summed E-state index contributed by atoms with van der Waals surface area (Å²) in [7, 11) is 0. The lowest BCUT2D eigenvalue weighted by Gasteiger charge is -2.14. The predicted molar refractivity (Wildman–Crippen MR) is 46.9 cm³/mol. The van der Waals surface area contributed by atoms with Crippen molar-refractivity contribution in [2.45, 2.75) is 31.7 Å². The topological polar surface area (TPSA) is 124 Å². The van der Waals surface area contributed by atoms with Crippen LogP contribution in [0.15, 0.2) is 0 Å². The van der Waals surface area contributed by atoms with Crippen LogP contribution in [0.1, 0.15) is 13.3 Å². The lowest BCUT2D eigenvalue weighted by atomic mass is 10.2. The molecule has 0 aliphatic carbocycles. The van der Waals surface area contributed by atoms with E-state index in [1.165, 1.54) is 6.92 Å². The van der Waals surface area contributed by atoms with Crippen LogP contribution in [-0.2, 0) is 14.3 Å². The maximum Gasteiger partial charge on any atom is 0.335 e. The van der Waals surface area contributed by atoms with Gasteiger partial charge in [0.2, 0.25) is 0 Å². The number of ether oxygens (including phenoxy) is 1. The molecule has 0 aromatic rings. The average molecular weight is 222 g/mol. The molecular formula is C8H14O7. The number of carboxylic acid groups (broad SMARTS) is 1. The quantitative estimate of drug-likeness (QED) is 0.387. The average Bonchev–Trinajstić information content (AvgIpc) is 2.11. The summed E-state index contributed by atoms with van der Waals surface area (Å²) < 4.78 is 4.41. The second-order valence-corrected chi connectivity index (χ2v) is 3.09. The number of hydrogen-bond donors (Lipinski definition) is 4. The fraction of sp³-hybridized carbons (Fsp3) is 0.750. The molecule has 0 aliphatic heterocycles. The van der Waals surface area contributed by atoms with Gasteiger partial charge in [0.25, 0.3) is 0 Å². The maximum absolute atomic E-state index is 10.8. The normalized spacial score (nSPS) is 16.5. The molecule has 7 heteroatoms. The zero-order chi connectivity index (χ0) is 12.0. The summed E-state index contributed by atoms with van der Waals surface area (Å²) in [5.74, 6) is -2.38. The molecule has 0 amide bonds. The summed E-state index contributed by atoms with van der Waals surface area (Å²) in [5, 5.41) is 34.9. The molecule has 0 aliphatic rings. The van der Waals surface area contributed by atoms with E-state index in [9.17, 15) is 9.59 Å². The van der Waals surface area contributed by atoms with E-state index < -0.39 is 36.9 Å². The number of aliphatic hydroxyl groups excluding tert-OH is 3. The molecule has 3 unspecified atom stereocenters. The van der Waals surface area contributed by atoms with Gasteiger partial charge in [0.1, 0.15) is 12.7 Å². The molecule has 0 saturated carbocycles. The van der Waals surface area contributed by atoms with Crippen LogP contribution in [-0.4, -0.2) is 57.3 Å². The summed E-state index contributed by atoms with van der Waals surface area (Å²) in [6.07, 6.45) is -4.81. The Bertz CT molecular complexity index is 225. The van der Waals surface area contributed by atoms with Gasteiger partial charge in [-0.2, -0.15) is 0 Å². The van der Waals surface area contributed by atoms with E-state index >= 15 is 0 Å². The van der Waals surface area contributed by atoms with Crippen LogP contribution >= 0.6 is 0 Å². The van der Waals surface area contributed by atoms with Gasteiger partial charge in [-0.3, -0.25) is 4.79 Å². The van der Waals surface area contributed by atoms with Crippen molar-refractivity contribution < 1.29 is 34.8 Å². The second kappa shape index (κ2) is 6.33. The van der Waals surface area contributed by atoms with Crippen LogP contribution in [0, 0.1) is 0 Å². The van der Waals surface area contributed by atoms with Crippen molar-refractivity contribution in [2.75, 3.05) is 6.61 Å². The number of aliphatic hydroxyl groups is 3. The molecule has 4 N–H and O–H groups in total. The fourth-order valence-corrected chi connectivity index (χ4v) is 0.734. The van der Waals surface area contributed by atoms with E-state index in [-0.39, 0.29) is 6.42 Å². The molecule has 0 aromatic carbocycles. The summed E-state index contributed by atoms with van der Waals surface area (Å²) in [6.45, 7) is 0.753. The number of carboxylic acids is 1. The van der Waals surface area contributed by atoms with Crippen molar-refractivity contribution in [1.29, 1.82) is 0 Å². The minimum Gasteiger partial charge on any atom is -0.479 e. The van der Waals surface area contributed by atoms with Crippen LogP contribution in [0.4, 0.5) is 0 Å². The van der Waals surface area contributed by atoms with Gasteiger partial charge in [-0.1, -0.05) is 0 Å². The molecule has 0 spiro atoms. The Morgan fingerprint density at radius 2 is 1.80 bits per heavy atom. The zero-order valence-electron chi connectivity index (χ0n) is 8.16. The van der Waals surface area contributed by atoms with Gasteiger partial charge in [0.05, 0.1) is 12.5 Å². The molecule has 0 rings (SSSR count). The number of esters is 1. The minimum absolute atomic E-state index is 0.254. The number of aliphatic carboxylic acids is 1. The van der Waals surface area contributed by atoms with Crippen LogP contribution in [0.25, 0.3) is 0 Å². The Morgan fingerprint density at radius 1 is 1.27 bits per heavy atom. The predicted octanol–water partition coefficient (Wildman–Crippen LogP) is -1.89. The summed E-state index contributed by atoms with van der Waals surface area (Å²) in [5.41, 5.74) is 0. The Balaban J connectivity index is 3.85. The molecule has 0 fully saturated rings. The SMILES string of the molecule is CC(O)CC(=O)OCC(O)C(O)C(=O)O. The highest BCUT2D eigenvalue weighted by Crippen LogP contribution is 1.98. The highest BCUT2D eigenvalue weighted by atomic mass is 16.5. The Morgan fingerprint density at radius 3 is 2.20 bits per heavy atom. The molecule has 0 radical (unpaired) electrons. The van der Waals surface area contributed by atoms with Crippen molar-refractivity contribution >= 4 is 11.9 Å². The Kier molecular flexibility index (Phi) is 5.83. The first-order valence-corrected chi connectivity index (χ1v) is 4.27. The molecular weight excluding hydrogens is 208 g/mol. The van der Waals surface area contributed by atoms with E-state index in [0.29, 0.717) is 0 Å². The van der Waals surface area contributed by atoms with E-state index in [1.54, 1.807) is 0 Å². The summed E-state index contributed by atoms with van der Waals surface area (Å²) >= 11 is 0. The van der Waals surface area contributed by atoms with Crippen molar-refractivity contribution in [1.82, 2.24) is 0 Å². The van der Waals surface area contributed by atoms with Gasteiger partial charge in [0, 0.05) is 0 Å². The van der Waals surface area contributed by atoms with Crippen molar-refractivity contribution in [3.63, 3.8) is 0 Å². The zero-order valence-corrected chi connectivity index (χ0v) is 8.16. The summed E-state index contributed by atoms with van der Waals surface area (Å²) in [4.78, 5) is 21.0. The van der Waals surface area contributed by atoms with E-state index in [2.05, 4.69) is 4.74 Å². The standard InChI is InChI=1S/C8H14O7/c1-4(9)2-6(11)15-3-5(10)7(12)8(13)14/h4-5,7,9-10,12H,2-3H2,1H3,(H,13,14). The summed E-state index contributed by atoms with van der Waals surface area (Å²) in [6, 6.07) is 0. The lowest BCUT2D eigenvalue weighted by molar-refractivity contribution is -0.161. The molecule has 0 heterocycles. The monoisotopic (exact) mass is 222 g/mol. The van der Waals surface area contributed by atoms with Crippen LogP contribution < -0.4 is 0 Å².